The fourth-order valence-electron chi connectivity index (χ4n) is 3.81. The summed E-state index contributed by atoms with van der Waals surface area (Å²) in [7, 11) is 3.22. The van der Waals surface area contributed by atoms with Crippen molar-refractivity contribution >= 4 is 40.4 Å². The van der Waals surface area contributed by atoms with E-state index >= 15 is 0 Å². The second-order valence-electron chi connectivity index (χ2n) is 8.07. The first-order chi connectivity index (χ1) is 17.3. The third kappa shape index (κ3) is 5.60. The fourth-order valence-corrected chi connectivity index (χ4v) is 4.24. The first-order valence-electron chi connectivity index (χ1n) is 11.1. The molecule has 0 atom stereocenters. The SMILES string of the molecule is COc1ccc(Cn2nc(C)c(NC(=S)Nc3ccn(Cc4c(F)cccc4Cl)n3)c2C)cc1OC. The maximum atomic E-state index is 14.1. The van der Waals surface area contributed by atoms with E-state index in [2.05, 4.69) is 20.8 Å². The first kappa shape index (κ1) is 25.5. The van der Waals surface area contributed by atoms with Crippen LogP contribution in [0.1, 0.15) is 22.5 Å². The van der Waals surface area contributed by atoms with E-state index < -0.39 is 0 Å². The van der Waals surface area contributed by atoms with Crippen molar-refractivity contribution in [2.24, 2.45) is 0 Å². The van der Waals surface area contributed by atoms with Crippen molar-refractivity contribution in [3.05, 3.63) is 82.0 Å². The number of nitrogens with zero attached hydrogens (tertiary/aromatic N) is 4. The van der Waals surface area contributed by atoms with Gasteiger partial charge >= 0.3 is 0 Å². The van der Waals surface area contributed by atoms with E-state index in [1.54, 1.807) is 43.3 Å². The number of rotatable bonds is 8. The molecule has 188 valence electrons. The number of aryl methyl sites for hydroxylation is 1. The molecule has 2 aromatic carbocycles. The van der Waals surface area contributed by atoms with Crippen LogP contribution in [0.25, 0.3) is 0 Å². The highest BCUT2D eigenvalue weighted by Gasteiger charge is 2.15. The standard InChI is InChI=1S/C25H26ClFN6O2S/c1-15-24(16(2)33(30-15)13-17-8-9-21(34-3)22(12-17)35-4)29-25(36)28-23-10-11-32(31-23)14-18-19(26)6-5-7-20(18)27/h5-12H,13-14H2,1-4H3,(H2,28,29,31,36). The molecular weight excluding hydrogens is 503 g/mol. The molecule has 0 aliphatic heterocycles. The van der Waals surface area contributed by atoms with E-state index in [0.717, 1.165) is 22.6 Å². The number of hydrogen-bond donors (Lipinski definition) is 2. The highest BCUT2D eigenvalue weighted by Crippen LogP contribution is 2.29. The highest BCUT2D eigenvalue weighted by atomic mass is 35.5. The predicted octanol–water partition coefficient (Wildman–Crippen LogP) is 5.41. The van der Waals surface area contributed by atoms with E-state index in [1.165, 1.54) is 6.07 Å². The van der Waals surface area contributed by atoms with Crippen LogP contribution in [-0.2, 0) is 13.1 Å². The monoisotopic (exact) mass is 528 g/mol. The van der Waals surface area contributed by atoms with Crippen LogP contribution in [0, 0.1) is 19.7 Å². The van der Waals surface area contributed by atoms with Crippen LogP contribution in [0.15, 0.2) is 48.7 Å². The van der Waals surface area contributed by atoms with Crippen LogP contribution < -0.4 is 20.1 Å². The topological polar surface area (TPSA) is 78.2 Å². The van der Waals surface area contributed by atoms with Gasteiger partial charge in [-0.1, -0.05) is 23.7 Å². The second kappa shape index (κ2) is 11.0. The van der Waals surface area contributed by atoms with Crippen molar-refractivity contribution in [2.75, 3.05) is 24.9 Å². The Morgan fingerprint density at radius 1 is 1.03 bits per heavy atom. The molecule has 8 nitrogen and oxygen atoms in total. The molecule has 11 heteroatoms. The first-order valence-corrected chi connectivity index (χ1v) is 11.9. The molecule has 2 heterocycles. The van der Waals surface area contributed by atoms with Crippen molar-refractivity contribution in [3.8, 4) is 11.5 Å². The third-order valence-corrected chi connectivity index (χ3v) is 6.22. The summed E-state index contributed by atoms with van der Waals surface area (Å²) in [5.74, 6) is 1.48. The van der Waals surface area contributed by atoms with Gasteiger partial charge in [-0.05, 0) is 55.9 Å². The quantitative estimate of drug-likeness (QED) is 0.296. The lowest BCUT2D eigenvalue weighted by molar-refractivity contribution is 0.354. The average molecular weight is 529 g/mol. The van der Waals surface area contributed by atoms with Gasteiger partial charge in [-0.15, -0.1) is 0 Å². The number of halogens is 2. The van der Waals surface area contributed by atoms with Crippen LogP contribution >= 0.6 is 23.8 Å². The second-order valence-corrected chi connectivity index (χ2v) is 8.89. The molecule has 0 saturated heterocycles. The summed E-state index contributed by atoms with van der Waals surface area (Å²) in [4.78, 5) is 0. The van der Waals surface area contributed by atoms with Gasteiger partial charge in [-0.3, -0.25) is 9.36 Å². The average Bonchev–Trinajstić information content (AvgIpc) is 3.40. The number of methoxy groups -OCH3 is 2. The van der Waals surface area contributed by atoms with Gasteiger partial charge in [0.25, 0.3) is 0 Å². The van der Waals surface area contributed by atoms with Crippen LogP contribution in [0.5, 0.6) is 11.5 Å². The van der Waals surface area contributed by atoms with Gasteiger partial charge in [-0.2, -0.15) is 10.2 Å². The maximum Gasteiger partial charge on any atom is 0.176 e. The maximum absolute atomic E-state index is 14.1. The summed E-state index contributed by atoms with van der Waals surface area (Å²) < 4.78 is 28.3. The van der Waals surface area contributed by atoms with Gasteiger partial charge in [0.05, 0.1) is 44.4 Å². The van der Waals surface area contributed by atoms with Crippen molar-refractivity contribution in [2.45, 2.75) is 26.9 Å². The number of ether oxygens (including phenoxy) is 2. The smallest absolute Gasteiger partial charge is 0.176 e. The van der Waals surface area contributed by atoms with Crippen molar-refractivity contribution in [1.29, 1.82) is 0 Å². The summed E-state index contributed by atoms with van der Waals surface area (Å²) in [6, 6.07) is 12.1. The van der Waals surface area contributed by atoms with Crippen molar-refractivity contribution in [1.82, 2.24) is 19.6 Å². The van der Waals surface area contributed by atoms with Crippen molar-refractivity contribution < 1.29 is 13.9 Å². The Morgan fingerprint density at radius 2 is 1.81 bits per heavy atom. The summed E-state index contributed by atoms with van der Waals surface area (Å²) in [6.07, 6.45) is 1.73. The number of hydrogen-bond acceptors (Lipinski definition) is 5. The van der Waals surface area contributed by atoms with E-state index in [9.17, 15) is 4.39 Å². The third-order valence-electron chi connectivity index (χ3n) is 5.66. The molecule has 0 aliphatic rings. The molecule has 4 rings (SSSR count). The molecule has 0 bridgehead atoms. The van der Waals surface area contributed by atoms with Gasteiger partial charge in [0.2, 0.25) is 0 Å². The summed E-state index contributed by atoms with van der Waals surface area (Å²) >= 11 is 11.6. The minimum Gasteiger partial charge on any atom is -0.493 e. The van der Waals surface area contributed by atoms with E-state index in [1.807, 2.05) is 36.7 Å². The largest absolute Gasteiger partial charge is 0.493 e. The number of aromatic nitrogens is 4. The fraction of sp³-hybridized carbons (Fsp3) is 0.240. The zero-order valence-electron chi connectivity index (χ0n) is 20.3. The molecule has 0 aliphatic carbocycles. The number of benzene rings is 2. The molecule has 0 amide bonds. The Balaban J connectivity index is 1.42. The lowest BCUT2D eigenvalue weighted by Gasteiger charge is -2.11. The van der Waals surface area contributed by atoms with Crippen molar-refractivity contribution in [3.63, 3.8) is 0 Å². The van der Waals surface area contributed by atoms with Crippen LogP contribution in [0.2, 0.25) is 5.02 Å². The zero-order chi connectivity index (χ0) is 25.8. The normalized spacial score (nSPS) is 10.8. The predicted molar refractivity (Wildman–Crippen MR) is 143 cm³/mol. The molecule has 36 heavy (non-hydrogen) atoms. The Morgan fingerprint density at radius 3 is 2.53 bits per heavy atom. The molecule has 4 aromatic rings. The molecule has 0 saturated carbocycles. The van der Waals surface area contributed by atoms with Gasteiger partial charge in [0.15, 0.2) is 22.4 Å². The Hall–Kier alpha value is -3.63. The van der Waals surface area contributed by atoms with Crippen LogP contribution in [0.4, 0.5) is 15.9 Å². The van der Waals surface area contributed by atoms with Gasteiger partial charge in [0, 0.05) is 22.8 Å². The highest BCUT2D eigenvalue weighted by molar-refractivity contribution is 7.80. The van der Waals surface area contributed by atoms with E-state index in [0.29, 0.717) is 39.6 Å². The molecule has 0 fully saturated rings. The number of thiocarbonyl (C=S) groups is 1. The Kier molecular flexibility index (Phi) is 7.76. The molecule has 2 N–H and O–H groups in total. The Bertz CT molecular complexity index is 1380. The number of nitrogens with one attached hydrogen (secondary N) is 2. The van der Waals surface area contributed by atoms with Gasteiger partial charge in [0.1, 0.15) is 5.82 Å². The summed E-state index contributed by atoms with van der Waals surface area (Å²) in [5.41, 5.74) is 3.93. The number of anilines is 2. The van der Waals surface area contributed by atoms with Crippen LogP contribution in [-0.4, -0.2) is 38.9 Å². The summed E-state index contributed by atoms with van der Waals surface area (Å²) in [5, 5.41) is 16.1. The minimum absolute atomic E-state index is 0.203. The van der Waals surface area contributed by atoms with E-state index in [4.69, 9.17) is 33.3 Å². The van der Waals surface area contributed by atoms with Crippen LogP contribution in [0.3, 0.4) is 0 Å². The lowest BCUT2D eigenvalue weighted by Crippen LogP contribution is -2.20. The minimum atomic E-state index is -0.374. The molecule has 0 radical (unpaired) electrons. The molecule has 0 spiro atoms. The van der Waals surface area contributed by atoms with E-state index in [-0.39, 0.29) is 12.4 Å². The molecular formula is C25H26ClFN6O2S. The molecule has 0 unspecified atom stereocenters. The zero-order valence-corrected chi connectivity index (χ0v) is 21.9. The van der Waals surface area contributed by atoms with Gasteiger partial charge < -0.3 is 20.1 Å². The lowest BCUT2D eigenvalue weighted by atomic mass is 10.2. The summed E-state index contributed by atoms with van der Waals surface area (Å²) in [6.45, 7) is 4.64. The molecule has 2 aromatic heterocycles. The van der Waals surface area contributed by atoms with Gasteiger partial charge in [-0.25, -0.2) is 4.39 Å². The Labute approximate surface area is 219 Å².